The number of aromatic nitrogens is 1. The number of rotatable bonds is 4. The van der Waals surface area contributed by atoms with Crippen molar-refractivity contribution in [3.8, 4) is 0 Å². The third-order valence-corrected chi connectivity index (χ3v) is 3.44. The highest BCUT2D eigenvalue weighted by Gasteiger charge is 2.36. The molecule has 1 aromatic carbocycles. The van der Waals surface area contributed by atoms with Crippen molar-refractivity contribution in [3.05, 3.63) is 66.0 Å². The summed E-state index contributed by atoms with van der Waals surface area (Å²) in [5.74, 6) is -0.122. The van der Waals surface area contributed by atoms with Gasteiger partial charge in [-0.15, -0.1) is 24.8 Å². The van der Waals surface area contributed by atoms with E-state index in [1.807, 2.05) is 55.5 Å². The maximum atomic E-state index is 11.6. The Morgan fingerprint density at radius 3 is 2.23 bits per heavy atom. The van der Waals surface area contributed by atoms with Crippen LogP contribution in [0.4, 0.5) is 0 Å². The normalized spacial score (nSPS) is 13.8. The van der Waals surface area contributed by atoms with Crippen molar-refractivity contribution in [2.24, 2.45) is 5.73 Å². The van der Waals surface area contributed by atoms with Gasteiger partial charge in [-0.1, -0.05) is 36.4 Å². The lowest BCUT2D eigenvalue weighted by Gasteiger charge is -2.36. The van der Waals surface area contributed by atoms with Crippen LogP contribution in [0.1, 0.15) is 31.1 Å². The van der Waals surface area contributed by atoms with E-state index in [1.54, 1.807) is 6.20 Å². The number of pyridine rings is 1. The first kappa shape index (κ1) is 20.4. The van der Waals surface area contributed by atoms with Crippen LogP contribution in [0, 0.1) is 0 Å². The highest BCUT2D eigenvalue weighted by Crippen LogP contribution is 2.32. The van der Waals surface area contributed by atoms with E-state index >= 15 is 0 Å². The molecule has 4 nitrogen and oxygen atoms in total. The van der Waals surface area contributed by atoms with E-state index in [-0.39, 0.29) is 30.7 Å². The van der Waals surface area contributed by atoms with Crippen LogP contribution in [0.5, 0.6) is 0 Å². The smallest absolute Gasteiger partial charge is 0.217 e. The molecule has 2 unspecified atom stereocenters. The van der Waals surface area contributed by atoms with Crippen LogP contribution in [-0.2, 0) is 10.3 Å². The standard InChI is InChI=1S/C16H19N3O.2ClH/c1-12(20)19-16(2,13-8-4-3-5-9-13)15(17)14-10-6-7-11-18-14;;/h3-11,15H,17H2,1-2H3,(H,19,20);2*1H. The zero-order valence-corrected chi connectivity index (χ0v) is 14.2. The van der Waals surface area contributed by atoms with Crippen molar-refractivity contribution in [2.45, 2.75) is 25.4 Å². The lowest BCUT2D eigenvalue weighted by atomic mass is 9.83. The lowest BCUT2D eigenvalue weighted by Crippen LogP contribution is -2.50. The third-order valence-electron chi connectivity index (χ3n) is 3.44. The minimum Gasteiger partial charge on any atom is -0.345 e. The fraction of sp³-hybridized carbons (Fsp3) is 0.250. The van der Waals surface area contributed by atoms with Gasteiger partial charge in [0.25, 0.3) is 0 Å². The van der Waals surface area contributed by atoms with Crippen molar-refractivity contribution >= 4 is 30.7 Å². The second-order valence-electron chi connectivity index (χ2n) is 4.98. The largest absolute Gasteiger partial charge is 0.345 e. The number of nitrogens with zero attached hydrogens (tertiary/aromatic N) is 1. The second kappa shape index (κ2) is 8.73. The van der Waals surface area contributed by atoms with Crippen LogP contribution in [-0.4, -0.2) is 10.9 Å². The van der Waals surface area contributed by atoms with Crippen LogP contribution in [0.3, 0.4) is 0 Å². The van der Waals surface area contributed by atoms with E-state index in [9.17, 15) is 4.79 Å². The number of nitrogens with one attached hydrogen (secondary N) is 1. The Hall–Kier alpha value is -1.62. The molecule has 0 bridgehead atoms. The number of halogens is 2. The number of carbonyl (C=O) groups excluding carboxylic acids is 1. The van der Waals surface area contributed by atoms with Crippen LogP contribution in [0.15, 0.2) is 54.7 Å². The van der Waals surface area contributed by atoms with Crippen molar-refractivity contribution in [1.29, 1.82) is 0 Å². The average Bonchev–Trinajstić information content (AvgIpc) is 2.47. The monoisotopic (exact) mass is 341 g/mol. The third kappa shape index (κ3) is 4.44. The molecule has 0 radical (unpaired) electrons. The summed E-state index contributed by atoms with van der Waals surface area (Å²) in [6, 6.07) is 14.9. The molecule has 2 atom stereocenters. The highest BCUT2D eigenvalue weighted by molar-refractivity contribution is 5.85. The van der Waals surface area contributed by atoms with Crippen LogP contribution in [0.25, 0.3) is 0 Å². The van der Waals surface area contributed by atoms with Crippen molar-refractivity contribution in [1.82, 2.24) is 10.3 Å². The Labute approximate surface area is 143 Å². The number of carbonyl (C=O) groups is 1. The van der Waals surface area contributed by atoms with Gasteiger partial charge in [0, 0.05) is 13.1 Å². The first-order chi connectivity index (χ1) is 9.54. The minimum atomic E-state index is -0.707. The van der Waals surface area contributed by atoms with Gasteiger partial charge in [-0.3, -0.25) is 9.78 Å². The number of hydrogen-bond acceptors (Lipinski definition) is 3. The fourth-order valence-electron chi connectivity index (χ4n) is 2.34. The molecule has 0 aliphatic heterocycles. The van der Waals surface area contributed by atoms with Gasteiger partial charge in [0.15, 0.2) is 0 Å². The molecular formula is C16H21Cl2N3O. The Morgan fingerprint density at radius 2 is 1.73 bits per heavy atom. The summed E-state index contributed by atoms with van der Waals surface area (Å²) in [7, 11) is 0. The summed E-state index contributed by atoms with van der Waals surface area (Å²) in [5, 5.41) is 2.97. The predicted octanol–water partition coefficient (Wildman–Crippen LogP) is 2.98. The summed E-state index contributed by atoms with van der Waals surface area (Å²) in [6.07, 6.45) is 1.70. The number of benzene rings is 1. The molecule has 120 valence electrons. The summed E-state index contributed by atoms with van der Waals surface area (Å²) >= 11 is 0. The lowest BCUT2D eigenvalue weighted by molar-refractivity contribution is -0.121. The molecule has 2 aromatic rings. The molecule has 1 heterocycles. The summed E-state index contributed by atoms with van der Waals surface area (Å²) in [5.41, 5.74) is 7.37. The molecule has 22 heavy (non-hydrogen) atoms. The molecule has 6 heteroatoms. The SMILES string of the molecule is CC(=O)NC(C)(c1ccccc1)C(N)c1ccccn1.Cl.Cl. The van der Waals surface area contributed by atoms with Crippen molar-refractivity contribution in [3.63, 3.8) is 0 Å². The Balaban J connectivity index is 0.00000220. The Bertz CT molecular complexity index is 580. The van der Waals surface area contributed by atoms with Crippen LogP contribution in [0.2, 0.25) is 0 Å². The minimum absolute atomic E-state index is 0. The van der Waals surface area contributed by atoms with Crippen LogP contribution >= 0.6 is 24.8 Å². The van der Waals surface area contributed by atoms with Gasteiger partial charge in [-0.25, -0.2) is 0 Å². The number of amides is 1. The first-order valence-electron chi connectivity index (χ1n) is 6.55. The molecule has 0 spiro atoms. The summed E-state index contributed by atoms with van der Waals surface area (Å²) in [6.45, 7) is 3.41. The van der Waals surface area contributed by atoms with E-state index in [2.05, 4.69) is 10.3 Å². The summed E-state index contributed by atoms with van der Waals surface area (Å²) in [4.78, 5) is 15.9. The van der Waals surface area contributed by atoms with E-state index in [1.165, 1.54) is 6.92 Å². The maximum absolute atomic E-state index is 11.6. The fourth-order valence-corrected chi connectivity index (χ4v) is 2.34. The quantitative estimate of drug-likeness (QED) is 0.898. The zero-order chi connectivity index (χ0) is 14.6. The van der Waals surface area contributed by atoms with Gasteiger partial charge in [0.05, 0.1) is 17.3 Å². The summed E-state index contributed by atoms with van der Waals surface area (Å²) < 4.78 is 0. The topological polar surface area (TPSA) is 68.0 Å². The second-order valence-corrected chi connectivity index (χ2v) is 4.98. The average molecular weight is 342 g/mol. The number of nitrogens with two attached hydrogens (primary N) is 1. The number of hydrogen-bond donors (Lipinski definition) is 2. The molecule has 3 N–H and O–H groups in total. The molecule has 0 aliphatic rings. The maximum Gasteiger partial charge on any atom is 0.217 e. The first-order valence-corrected chi connectivity index (χ1v) is 6.55. The Kier molecular flexibility index (Phi) is 8.09. The molecular weight excluding hydrogens is 321 g/mol. The highest BCUT2D eigenvalue weighted by atomic mass is 35.5. The van der Waals surface area contributed by atoms with Crippen molar-refractivity contribution in [2.75, 3.05) is 0 Å². The molecule has 0 saturated heterocycles. The molecule has 0 saturated carbocycles. The van der Waals surface area contributed by atoms with Gasteiger partial charge >= 0.3 is 0 Å². The molecule has 0 aliphatic carbocycles. The predicted molar refractivity (Wildman–Crippen MR) is 93.3 cm³/mol. The van der Waals surface area contributed by atoms with Crippen LogP contribution < -0.4 is 11.1 Å². The molecule has 1 aromatic heterocycles. The Morgan fingerprint density at radius 1 is 1.14 bits per heavy atom. The van der Waals surface area contributed by atoms with E-state index in [0.29, 0.717) is 0 Å². The van der Waals surface area contributed by atoms with Crippen molar-refractivity contribution < 1.29 is 4.79 Å². The van der Waals surface area contributed by atoms with Gasteiger partial charge in [0.1, 0.15) is 0 Å². The van der Waals surface area contributed by atoms with E-state index in [0.717, 1.165) is 11.3 Å². The molecule has 1 amide bonds. The van der Waals surface area contributed by atoms with Gasteiger partial charge < -0.3 is 11.1 Å². The van der Waals surface area contributed by atoms with Gasteiger partial charge in [-0.05, 0) is 24.6 Å². The zero-order valence-electron chi connectivity index (χ0n) is 12.5. The van der Waals surface area contributed by atoms with E-state index < -0.39 is 11.6 Å². The van der Waals surface area contributed by atoms with E-state index in [4.69, 9.17) is 5.73 Å². The van der Waals surface area contributed by atoms with Gasteiger partial charge in [-0.2, -0.15) is 0 Å². The molecule has 2 rings (SSSR count). The molecule has 0 fully saturated rings. The van der Waals surface area contributed by atoms with Gasteiger partial charge in [0.2, 0.25) is 5.91 Å².